The van der Waals surface area contributed by atoms with E-state index in [0.29, 0.717) is 5.69 Å². The van der Waals surface area contributed by atoms with Crippen LogP contribution in [-0.2, 0) is 6.54 Å². The van der Waals surface area contributed by atoms with Crippen LogP contribution in [0.4, 0.5) is 11.4 Å². The van der Waals surface area contributed by atoms with Crippen LogP contribution < -0.4 is 11.5 Å². The van der Waals surface area contributed by atoms with Gasteiger partial charge in [-0.3, -0.25) is 0 Å². The number of anilines is 2. The first-order valence-electron chi connectivity index (χ1n) is 9.18. The molecule has 0 aliphatic carbocycles. The van der Waals surface area contributed by atoms with Crippen LogP contribution in [0.3, 0.4) is 0 Å². The number of nitrogens with zero attached hydrogens (tertiary/aromatic N) is 1. The van der Waals surface area contributed by atoms with E-state index in [9.17, 15) is 0 Å². The summed E-state index contributed by atoms with van der Waals surface area (Å²) >= 11 is 0. The van der Waals surface area contributed by atoms with Gasteiger partial charge >= 0.3 is 0 Å². The van der Waals surface area contributed by atoms with E-state index < -0.39 is 0 Å². The van der Waals surface area contributed by atoms with Crippen LogP contribution in [0.2, 0.25) is 0 Å². The summed E-state index contributed by atoms with van der Waals surface area (Å²) in [5.41, 5.74) is 15.5. The summed E-state index contributed by atoms with van der Waals surface area (Å²) < 4.78 is 2.37. The third-order valence-electron chi connectivity index (χ3n) is 4.91. The molecule has 1 heterocycles. The van der Waals surface area contributed by atoms with Crippen LogP contribution in [0.1, 0.15) is 6.92 Å². The molecule has 0 aliphatic rings. The zero-order chi connectivity index (χ0) is 18.8. The van der Waals surface area contributed by atoms with E-state index in [1.54, 1.807) is 6.07 Å². The summed E-state index contributed by atoms with van der Waals surface area (Å²) in [5.74, 6) is 0. The number of fused-ring (bicyclic) bond motifs is 4. The molecular weight excluding hydrogens is 330 g/mol. The molecular formula is C24H23N3. The molecule has 0 saturated carbocycles. The van der Waals surface area contributed by atoms with Crippen molar-refractivity contribution >= 4 is 44.0 Å². The number of benzene rings is 4. The minimum atomic E-state index is 0.714. The van der Waals surface area contributed by atoms with Gasteiger partial charge in [-0.15, -0.1) is 0 Å². The smallest absolute Gasteiger partial charge is 0.0491 e. The minimum absolute atomic E-state index is 0.714. The Hall–Kier alpha value is -3.46. The fraction of sp³-hybridized carbons (Fsp3) is 0.0833. The lowest BCUT2D eigenvalue weighted by Crippen LogP contribution is -1.91. The van der Waals surface area contributed by atoms with Crippen molar-refractivity contribution in [2.45, 2.75) is 13.5 Å². The quantitative estimate of drug-likeness (QED) is 0.373. The lowest BCUT2D eigenvalue weighted by Gasteiger charge is -2.02. The van der Waals surface area contributed by atoms with Gasteiger partial charge in [0.1, 0.15) is 0 Å². The predicted molar refractivity (Wildman–Crippen MR) is 118 cm³/mol. The molecule has 0 spiro atoms. The number of para-hydroxylation sites is 2. The number of aromatic nitrogens is 1. The monoisotopic (exact) mass is 353 g/mol. The molecule has 0 unspecified atom stereocenters. The summed E-state index contributed by atoms with van der Waals surface area (Å²) in [5, 5.41) is 4.87. The van der Waals surface area contributed by atoms with E-state index in [4.69, 9.17) is 11.5 Å². The topological polar surface area (TPSA) is 57.0 Å². The van der Waals surface area contributed by atoms with Crippen molar-refractivity contribution in [2.24, 2.45) is 0 Å². The van der Waals surface area contributed by atoms with Gasteiger partial charge in [-0.1, -0.05) is 60.7 Å². The maximum Gasteiger partial charge on any atom is 0.0491 e. The summed E-state index contributed by atoms with van der Waals surface area (Å²) in [6.45, 7) is 3.22. The van der Waals surface area contributed by atoms with Crippen molar-refractivity contribution in [1.29, 1.82) is 0 Å². The third-order valence-corrected chi connectivity index (χ3v) is 4.91. The molecule has 5 rings (SSSR count). The SMILES string of the molecule is CCn1c2ccccc2c2ccccc21.Nc1cc(N)c2ccccc2c1. The summed E-state index contributed by atoms with van der Waals surface area (Å²) in [6.07, 6.45) is 0. The van der Waals surface area contributed by atoms with E-state index in [1.807, 2.05) is 30.3 Å². The number of aryl methyl sites for hydroxylation is 1. The molecule has 4 N–H and O–H groups in total. The fourth-order valence-corrected chi connectivity index (χ4v) is 3.71. The second kappa shape index (κ2) is 7.04. The van der Waals surface area contributed by atoms with Gasteiger partial charge in [-0.2, -0.15) is 0 Å². The van der Waals surface area contributed by atoms with Crippen LogP contribution in [0.15, 0.2) is 84.9 Å². The van der Waals surface area contributed by atoms with E-state index in [0.717, 1.165) is 23.0 Å². The Morgan fingerprint density at radius 2 is 1.19 bits per heavy atom. The fourth-order valence-electron chi connectivity index (χ4n) is 3.71. The van der Waals surface area contributed by atoms with E-state index >= 15 is 0 Å². The first-order chi connectivity index (χ1) is 13.2. The Morgan fingerprint density at radius 3 is 1.78 bits per heavy atom. The molecule has 0 amide bonds. The van der Waals surface area contributed by atoms with Crippen molar-refractivity contribution in [1.82, 2.24) is 4.57 Å². The van der Waals surface area contributed by atoms with Crippen molar-refractivity contribution in [3.8, 4) is 0 Å². The number of nitrogens with two attached hydrogens (primary N) is 2. The van der Waals surface area contributed by atoms with Gasteiger partial charge in [0.05, 0.1) is 0 Å². The van der Waals surface area contributed by atoms with E-state index in [2.05, 4.69) is 60.0 Å². The molecule has 0 radical (unpaired) electrons. The van der Waals surface area contributed by atoms with Crippen LogP contribution in [0.25, 0.3) is 32.6 Å². The molecule has 0 bridgehead atoms. The predicted octanol–water partition coefficient (Wildman–Crippen LogP) is 5.82. The molecule has 27 heavy (non-hydrogen) atoms. The molecule has 0 saturated heterocycles. The van der Waals surface area contributed by atoms with Crippen LogP contribution >= 0.6 is 0 Å². The summed E-state index contributed by atoms with van der Waals surface area (Å²) in [7, 11) is 0. The number of hydrogen-bond acceptors (Lipinski definition) is 2. The molecule has 1 aromatic heterocycles. The van der Waals surface area contributed by atoms with Gasteiger partial charge in [-0.25, -0.2) is 0 Å². The maximum atomic E-state index is 5.78. The molecule has 0 fully saturated rings. The Balaban J connectivity index is 0.000000137. The highest BCUT2D eigenvalue weighted by Gasteiger charge is 2.06. The first-order valence-corrected chi connectivity index (χ1v) is 9.18. The van der Waals surface area contributed by atoms with Crippen LogP contribution in [0.5, 0.6) is 0 Å². The van der Waals surface area contributed by atoms with E-state index in [1.165, 1.54) is 21.8 Å². The van der Waals surface area contributed by atoms with Gasteiger partial charge in [0, 0.05) is 45.1 Å². The van der Waals surface area contributed by atoms with Gasteiger partial charge in [0.15, 0.2) is 0 Å². The highest BCUT2D eigenvalue weighted by molar-refractivity contribution is 6.07. The largest absolute Gasteiger partial charge is 0.399 e. The molecule has 4 aromatic carbocycles. The van der Waals surface area contributed by atoms with Crippen LogP contribution in [-0.4, -0.2) is 4.57 Å². The number of rotatable bonds is 1. The van der Waals surface area contributed by atoms with Crippen molar-refractivity contribution < 1.29 is 0 Å². The number of nitrogen functional groups attached to an aromatic ring is 2. The summed E-state index contributed by atoms with van der Waals surface area (Å²) in [4.78, 5) is 0. The summed E-state index contributed by atoms with van der Waals surface area (Å²) in [6, 6.07) is 28.8. The highest BCUT2D eigenvalue weighted by Crippen LogP contribution is 2.28. The minimum Gasteiger partial charge on any atom is -0.399 e. The molecule has 134 valence electrons. The zero-order valence-electron chi connectivity index (χ0n) is 15.4. The van der Waals surface area contributed by atoms with Gasteiger partial charge in [0.25, 0.3) is 0 Å². The molecule has 0 atom stereocenters. The Kier molecular flexibility index (Phi) is 4.43. The highest BCUT2D eigenvalue weighted by atomic mass is 15.0. The average molecular weight is 353 g/mol. The maximum absolute atomic E-state index is 5.78. The normalized spacial score (nSPS) is 10.9. The van der Waals surface area contributed by atoms with Gasteiger partial charge in [-0.05, 0) is 36.6 Å². The Bertz CT molecular complexity index is 1180. The van der Waals surface area contributed by atoms with Crippen molar-refractivity contribution in [3.05, 3.63) is 84.9 Å². The average Bonchev–Trinajstić information content (AvgIpc) is 3.02. The molecule has 5 aromatic rings. The second-order valence-electron chi connectivity index (χ2n) is 6.61. The van der Waals surface area contributed by atoms with E-state index in [-0.39, 0.29) is 0 Å². The standard InChI is InChI=1S/C14H13N.C10H10N2/c1-2-15-13-9-5-3-7-11(13)12-8-4-6-10-14(12)15;11-8-5-7-3-1-2-4-9(7)10(12)6-8/h3-10H,2H2,1H3;1-6H,11-12H2. The van der Waals surface area contributed by atoms with Crippen LogP contribution in [0, 0.1) is 0 Å². The first kappa shape index (κ1) is 17.0. The molecule has 3 nitrogen and oxygen atoms in total. The Morgan fingerprint density at radius 1 is 0.667 bits per heavy atom. The van der Waals surface area contributed by atoms with Crippen molar-refractivity contribution in [3.63, 3.8) is 0 Å². The number of hydrogen-bond donors (Lipinski definition) is 2. The lowest BCUT2D eigenvalue weighted by molar-refractivity contribution is 0.827. The molecule has 0 aliphatic heterocycles. The molecule has 3 heteroatoms. The lowest BCUT2D eigenvalue weighted by atomic mass is 10.1. The van der Waals surface area contributed by atoms with Gasteiger partial charge in [0.2, 0.25) is 0 Å². The second-order valence-corrected chi connectivity index (χ2v) is 6.61. The van der Waals surface area contributed by atoms with Crippen molar-refractivity contribution in [2.75, 3.05) is 11.5 Å². The zero-order valence-corrected chi connectivity index (χ0v) is 15.4. The Labute approximate surface area is 158 Å². The van der Waals surface area contributed by atoms with Gasteiger partial charge < -0.3 is 16.0 Å². The third kappa shape index (κ3) is 3.08.